The van der Waals surface area contributed by atoms with Crippen molar-refractivity contribution in [2.45, 2.75) is 45.2 Å². The first-order valence-electron chi connectivity index (χ1n) is 10.2. The molecule has 2 unspecified atom stereocenters. The Morgan fingerprint density at radius 1 is 1.20 bits per heavy atom. The minimum atomic E-state index is -0.184. The minimum Gasteiger partial charge on any atom is -0.349 e. The monoisotopic (exact) mass is 441 g/mol. The van der Waals surface area contributed by atoms with Gasteiger partial charge in [-0.3, -0.25) is 14.2 Å². The third-order valence-electron chi connectivity index (χ3n) is 5.93. The summed E-state index contributed by atoms with van der Waals surface area (Å²) in [5, 5.41) is 4.30. The maximum Gasteiger partial charge on any atom is 0.262 e. The van der Waals surface area contributed by atoms with E-state index in [1.807, 2.05) is 12.1 Å². The van der Waals surface area contributed by atoms with Crippen molar-refractivity contribution in [1.29, 1.82) is 0 Å². The summed E-state index contributed by atoms with van der Waals surface area (Å²) in [7, 11) is 0. The number of hydrogen-bond donors (Lipinski definition) is 2. The first-order valence-corrected chi connectivity index (χ1v) is 11.0. The normalized spacial score (nSPS) is 19.0. The predicted molar refractivity (Wildman–Crippen MR) is 123 cm³/mol. The second-order valence-corrected chi connectivity index (χ2v) is 8.87. The van der Waals surface area contributed by atoms with E-state index in [-0.39, 0.29) is 17.5 Å². The number of amides is 1. The van der Waals surface area contributed by atoms with Gasteiger partial charge in [-0.05, 0) is 66.9 Å². The van der Waals surface area contributed by atoms with Gasteiger partial charge in [0.2, 0.25) is 0 Å². The highest BCUT2D eigenvalue weighted by molar-refractivity contribution is 7.71. The molecule has 1 fully saturated rings. The molecule has 1 saturated carbocycles. The maximum atomic E-state index is 13.0. The van der Waals surface area contributed by atoms with Gasteiger partial charge >= 0.3 is 0 Å². The van der Waals surface area contributed by atoms with Gasteiger partial charge in [0.1, 0.15) is 0 Å². The van der Waals surface area contributed by atoms with Crippen molar-refractivity contribution >= 4 is 40.6 Å². The molecule has 5 nitrogen and oxygen atoms in total. The lowest BCUT2D eigenvalue weighted by molar-refractivity contribution is 0.0910. The molecular weight excluding hydrogens is 418 g/mol. The Bertz CT molecular complexity index is 1200. The molecule has 0 bridgehead atoms. The summed E-state index contributed by atoms with van der Waals surface area (Å²) in [6.45, 7) is 2.54. The average molecular weight is 442 g/mol. The molecule has 0 saturated heterocycles. The van der Waals surface area contributed by atoms with E-state index in [9.17, 15) is 9.59 Å². The molecule has 30 heavy (non-hydrogen) atoms. The Labute approximate surface area is 185 Å². The minimum absolute atomic E-state index is 0.111. The molecule has 1 aliphatic rings. The van der Waals surface area contributed by atoms with Gasteiger partial charge in [0.15, 0.2) is 4.77 Å². The summed E-state index contributed by atoms with van der Waals surface area (Å²) in [6.07, 6.45) is 4.52. The Morgan fingerprint density at radius 2 is 1.93 bits per heavy atom. The summed E-state index contributed by atoms with van der Waals surface area (Å²) >= 11 is 11.4. The molecule has 0 radical (unpaired) electrons. The van der Waals surface area contributed by atoms with Crippen molar-refractivity contribution in [3.05, 3.63) is 73.7 Å². The summed E-state index contributed by atoms with van der Waals surface area (Å²) in [5.74, 6) is 0.370. The number of benzene rings is 2. The molecule has 156 valence electrons. The van der Waals surface area contributed by atoms with Crippen LogP contribution < -0.4 is 10.9 Å². The highest BCUT2D eigenvalue weighted by Crippen LogP contribution is 2.24. The molecule has 7 heteroatoms. The molecule has 4 rings (SSSR count). The lowest BCUT2D eigenvalue weighted by Crippen LogP contribution is -2.41. The largest absolute Gasteiger partial charge is 0.349 e. The zero-order valence-electron chi connectivity index (χ0n) is 16.8. The molecule has 1 amide bonds. The Kier molecular flexibility index (Phi) is 6.06. The Hall–Kier alpha value is -2.44. The third-order valence-corrected chi connectivity index (χ3v) is 6.50. The van der Waals surface area contributed by atoms with E-state index < -0.39 is 0 Å². The van der Waals surface area contributed by atoms with Gasteiger partial charge in [-0.2, -0.15) is 0 Å². The number of nitrogens with one attached hydrogen (secondary N) is 2. The molecule has 1 aromatic heterocycles. The van der Waals surface area contributed by atoms with Crippen LogP contribution in [0.2, 0.25) is 5.02 Å². The van der Waals surface area contributed by atoms with Crippen molar-refractivity contribution in [2.75, 3.05) is 0 Å². The molecule has 2 N–H and O–H groups in total. The van der Waals surface area contributed by atoms with Crippen LogP contribution in [0.25, 0.3) is 10.9 Å². The van der Waals surface area contributed by atoms with Crippen molar-refractivity contribution in [2.24, 2.45) is 5.92 Å². The lowest BCUT2D eigenvalue weighted by Gasteiger charge is -2.29. The second-order valence-electron chi connectivity index (χ2n) is 8.05. The second kappa shape index (κ2) is 8.74. The Balaban J connectivity index is 1.62. The van der Waals surface area contributed by atoms with E-state index in [4.69, 9.17) is 23.8 Å². The summed E-state index contributed by atoms with van der Waals surface area (Å²) < 4.78 is 1.84. The fourth-order valence-corrected chi connectivity index (χ4v) is 4.48. The topological polar surface area (TPSA) is 66.9 Å². The molecule has 2 atom stereocenters. The van der Waals surface area contributed by atoms with Gasteiger partial charge in [0, 0.05) is 16.6 Å². The highest BCUT2D eigenvalue weighted by atomic mass is 35.5. The fraction of sp³-hybridized carbons (Fsp3) is 0.348. The van der Waals surface area contributed by atoms with E-state index in [0.717, 1.165) is 24.8 Å². The molecule has 1 heterocycles. The fourth-order valence-electron chi connectivity index (χ4n) is 4.09. The zero-order valence-corrected chi connectivity index (χ0v) is 18.4. The standard InChI is InChI=1S/C23H24ClN3O2S/c1-14-4-2-3-5-19(14)25-21(28)16-8-11-18-20(12-16)26-23(30)27(22(18)29)13-15-6-9-17(24)10-7-15/h6-12,14,19H,2-5,13H2,1H3,(H,25,28)(H,26,30). The number of nitrogens with zero attached hydrogens (tertiary/aromatic N) is 1. The molecule has 1 aliphatic carbocycles. The van der Waals surface area contributed by atoms with Crippen LogP contribution in [0, 0.1) is 10.7 Å². The third kappa shape index (κ3) is 4.35. The number of hydrogen-bond acceptors (Lipinski definition) is 3. The summed E-state index contributed by atoms with van der Waals surface area (Å²) in [6, 6.07) is 12.6. The highest BCUT2D eigenvalue weighted by Gasteiger charge is 2.23. The molecule has 2 aromatic carbocycles. The number of halogens is 1. The van der Waals surface area contributed by atoms with Crippen LogP contribution >= 0.6 is 23.8 Å². The van der Waals surface area contributed by atoms with E-state index >= 15 is 0 Å². The van der Waals surface area contributed by atoms with Crippen molar-refractivity contribution < 1.29 is 4.79 Å². The van der Waals surface area contributed by atoms with Gasteiger partial charge in [-0.15, -0.1) is 0 Å². The molecule has 3 aromatic rings. The van der Waals surface area contributed by atoms with Crippen molar-refractivity contribution in [3.8, 4) is 0 Å². The maximum absolute atomic E-state index is 13.0. The van der Waals surface area contributed by atoms with Gasteiger partial charge in [-0.25, -0.2) is 0 Å². The zero-order chi connectivity index (χ0) is 21.3. The Morgan fingerprint density at radius 3 is 2.67 bits per heavy atom. The van der Waals surface area contributed by atoms with Crippen LogP contribution in [0.15, 0.2) is 47.3 Å². The summed E-state index contributed by atoms with van der Waals surface area (Å²) in [5.41, 5.74) is 1.84. The first-order chi connectivity index (χ1) is 14.4. The molecule has 0 aliphatic heterocycles. The number of aromatic amines is 1. The number of H-pyrrole nitrogens is 1. The van der Waals surface area contributed by atoms with Gasteiger partial charge in [0.25, 0.3) is 11.5 Å². The quantitative estimate of drug-likeness (QED) is 0.555. The van der Waals surface area contributed by atoms with Crippen LogP contribution in [-0.4, -0.2) is 21.5 Å². The average Bonchev–Trinajstić information content (AvgIpc) is 2.73. The number of rotatable bonds is 4. The van der Waals surface area contributed by atoms with Crippen LogP contribution in [0.5, 0.6) is 0 Å². The molecule has 0 spiro atoms. The number of fused-ring (bicyclic) bond motifs is 1. The summed E-state index contributed by atoms with van der Waals surface area (Å²) in [4.78, 5) is 28.9. The first kappa shape index (κ1) is 20.8. The van der Waals surface area contributed by atoms with Gasteiger partial charge in [-0.1, -0.05) is 43.5 Å². The van der Waals surface area contributed by atoms with Gasteiger partial charge in [0.05, 0.1) is 17.4 Å². The van der Waals surface area contributed by atoms with Crippen molar-refractivity contribution in [1.82, 2.24) is 14.9 Å². The lowest BCUT2D eigenvalue weighted by atomic mass is 9.86. The van der Waals surface area contributed by atoms with Crippen LogP contribution in [0.1, 0.15) is 48.5 Å². The SMILES string of the molecule is CC1CCCCC1NC(=O)c1ccc2c(=O)n(Cc3ccc(Cl)cc3)c(=S)[nH]c2c1. The number of carbonyl (C=O) groups excluding carboxylic acids is 1. The van der Waals surface area contributed by atoms with E-state index in [2.05, 4.69) is 17.2 Å². The molecular formula is C23H24ClN3O2S. The van der Waals surface area contributed by atoms with Gasteiger partial charge < -0.3 is 10.3 Å². The van der Waals surface area contributed by atoms with Crippen LogP contribution in [0.3, 0.4) is 0 Å². The smallest absolute Gasteiger partial charge is 0.262 e. The van der Waals surface area contributed by atoms with Crippen molar-refractivity contribution in [3.63, 3.8) is 0 Å². The number of aromatic nitrogens is 2. The van der Waals surface area contributed by atoms with Crippen LogP contribution in [0.4, 0.5) is 0 Å². The number of carbonyl (C=O) groups is 1. The predicted octanol–water partition coefficient (Wildman–Crippen LogP) is 5.07. The van der Waals surface area contributed by atoms with E-state index in [1.54, 1.807) is 30.3 Å². The van der Waals surface area contributed by atoms with E-state index in [1.165, 1.54) is 11.0 Å². The van der Waals surface area contributed by atoms with E-state index in [0.29, 0.717) is 38.7 Å². The van der Waals surface area contributed by atoms with Crippen LogP contribution in [-0.2, 0) is 6.54 Å².